The van der Waals surface area contributed by atoms with Gasteiger partial charge in [-0.15, -0.1) is 0 Å². The first-order valence-corrected chi connectivity index (χ1v) is 9.89. The summed E-state index contributed by atoms with van der Waals surface area (Å²) in [6, 6.07) is 3.63. The van der Waals surface area contributed by atoms with Crippen LogP contribution in [0.3, 0.4) is 0 Å². The molecule has 1 N–H and O–H groups in total. The Bertz CT molecular complexity index is 891. The van der Waals surface area contributed by atoms with E-state index in [4.69, 9.17) is 0 Å². The Kier molecular flexibility index (Phi) is 4.87. The quantitative estimate of drug-likeness (QED) is 0.862. The van der Waals surface area contributed by atoms with E-state index in [0.717, 1.165) is 11.3 Å². The highest BCUT2D eigenvalue weighted by Gasteiger charge is 2.22. The molecule has 25 heavy (non-hydrogen) atoms. The van der Waals surface area contributed by atoms with E-state index in [1.165, 1.54) is 16.8 Å². The molecule has 8 nitrogen and oxygen atoms in total. The van der Waals surface area contributed by atoms with E-state index >= 15 is 0 Å². The number of hydrogen-bond donors (Lipinski definition) is 1. The molecule has 3 rings (SSSR count). The van der Waals surface area contributed by atoms with Crippen molar-refractivity contribution in [1.82, 2.24) is 24.4 Å². The van der Waals surface area contributed by atoms with Crippen LogP contribution in [0.2, 0.25) is 0 Å². The zero-order chi connectivity index (χ0) is 18.0. The van der Waals surface area contributed by atoms with E-state index in [0.29, 0.717) is 37.3 Å². The van der Waals surface area contributed by atoms with Gasteiger partial charge < -0.3 is 5.32 Å². The second-order valence-electron chi connectivity index (χ2n) is 6.17. The van der Waals surface area contributed by atoms with Crippen molar-refractivity contribution in [3.8, 4) is 0 Å². The SMILES string of the molecule is Cc1ccncc1C(=O)NCc1cc2n(n1)CCCN(S(C)(=O)=O)C2. The summed E-state index contributed by atoms with van der Waals surface area (Å²) in [5, 5.41) is 7.32. The van der Waals surface area contributed by atoms with Gasteiger partial charge in [0.1, 0.15) is 0 Å². The molecule has 0 unspecified atom stereocenters. The summed E-state index contributed by atoms with van der Waals surface area (Å²) >= 11 is 0. The van der Waals surface area contributed by atoms with E-state index < -0.39 is 10.0 Å². The number of amides is 1. The smallest absolute Gasteiger partial charge is 0.253 e. The van der Waals surface area contributed by atoms with Gasteiger partial charge in [-0.2, -0.15) is 9.40 Å². The van der Waals surface area contributed by atoms with Crippen LogP contribution in [0.5, 0.6) is 0 Å². The second-order valence-corrected chi connectivity index (χ2v) is 8.16. The van der Waals surface area contributed by atoms with Gasteiger partial charge in [-0.05, 0) is 31.0 Å². The number of pyridine rings is 1. The molecule has 0 saturated carbocycles. The van der Waals surface area contributed by atoms with Crippen LogP contribution < -0.4 is 5.32 Å². The van der Waals surface area contributed by atoms with Crippen molar-refractivity contribution >= 4 is 15.9 Å². The fourth-order valence-electron chi connectivity index (χ4n) is 2.83. The molecule has 0 fully saturated rings. The highest BCUT2D eigenvalue weighted by atomic mass is 32.2. The Hall–Kier alpha value is -2.26. The molecule has 0 radical (unpaired) electrons. The Morgan fingerprint density at radius 3 is 2.88 bits per heavy atom. The predicted octanol–water partition coefficient (Wildman–Crippen LogP) is 0.682. The van der Waals surface area contributed by atoms with E-state index in [9.17, 15) is 13.2 Å². The third kappa shape index (κ3) is 4.05. The van der Waals surface area contributed by atoms with Gasteiger partial charge in [-0.1, -0.05) is 0 Å². The number of hydrogen-bond acceptors (Lipinski definition) is 5. The third-order valence-electron chi connectivity index (χ3n) is 4.21. The zero-order valence-corrected chi connectivity index (χ0v) is 15.1. The molecule has 9 heteroatoms. The summed E-state index contributed by atoms with van der Waals surface area (Å²) in [4.78, 5) is 16.2. The molecule has 1 aliphatic heterocycles. The van der Waals surface area contributed by atoms with Crippen LogP contribution in [0.4, 0.5) is 0 Å². The van der Waals surface area contributed by atoms with Gasteiger partial charge in [0.05, 0.1) is 36.3 Å². The lowest BCUT2D eigenvalue weighted by Crippen LogP contribution is -2.29. The summed E-state index contributed by atoms with van der Waals surface area (Å²) in [7, 11) is -3.23. The monoisotopic (exact) mass is 363 g/mol. The van der Waals surface area contributed by atoms with Crippen LogP contribution in [-0.2, 0) is 29.7 Å². The van der Waals surface area contributed by atoms with Crippen molar-refractivity contribution in [3.05, 3.63) is 47.0 Å². The van der Waals surface area contributed by atoms with Gasteiger partial charge in [0.25, 0.3) is 5.91 Å². The molecule has 134 valence electrons. The van der Waals surface area contributed by atoms with Crippen LogP contribution >= 0.6 is 0 Å². The first-order valence-electron chi connectivity index (χ1n) is 8.04. The number of rotatable bonds is 4. The van der Waals surface area contributed by atoms with E-state index in [1.807, 2.05) is 17.7 Å². The normalized spacial score (nSPS) is 15.4. The number of nitrogens with zero attached hydrogens (tertiary/aromatic N) is 4. The van der Waals surface area contributed by atoms with Gasteiger partial charge in [0.15, 0.2) is 0 Å². The van der Waals surface area contributed by atoms with Gasteiger partial charge in [0.2, 0.25) is 10.0 Å². The van der Waals surface area contributed by atoms with Crippen LogP contribution in [-0.4, -0.2) is 46.2 Å². The third-order valence-corrected chi connectivity index (χ3v) is 5.46. The van der Waals surface area contributed by atoms with Gasteiger partial charge in [-0.25, -0.2) is 8.42 Å². The zero-order valence-electron chi connectivity index (χ0n) is 14.3. The van der Waals surface area contributed by atoms with Crippen molar-refractivity contribution in [1.29, 1.82) is 0 Å². The number of sulfonamides is 1. The van der Waals surface area contributed by atoms with Crippen molar-refractivity contribution in [2.45, 2.75) is 33.0 Å². The Labute approximate surface area is 146 Å². The Morgan fingerprint density at radius 2 is 2.16 bits per heavy atom. The first kappa shape index (κ1) is 17.6. The molecule has 0 atom stereocenters. The molecule has 0 saturated heterocycles. The lowest BCUT2D eigenvalue weighted by Gasteiger charge is -2.16. The van der Waals surface area contributed by atoms with Crippen LogP contribution in [0.15, 0.2) is 24.5 Å². The topological polar surface area (TPSA) is 97.2 Å². The largest absolute Gasteiger partial charge is 0.346 e. The van der Waals surface area contributed by atoms with Crippen molar-refractivity contribution in [3.63, 3.8) is 0 Å². The molecule has 1 aliphatic rings. The van der Waals surface area contributed by atoms with E-state index in [-0.39, 0.29) is 12.5 Å². The molecule has 0 spiro atoms. The minimum Gasteiger partial charge on any atom is -0.346 e. The highest BCUT2D eigenvalue weighted by molar-refractivity contribution is 7.88. The Morgan fingerprint density at radius 1 is 1.36 bits per heavy atom. The molecule has 0 aromatic carbocycles. The van der Waals surface area contributed by atoms with Gasteiger partial charge >= 0.3 is 0 Å². The minimum atomic E-state index is -3.23. The summed E-state index contributed by atoms with van der Waals surface area (Å²) in [5.74, 6) is -0.202. The van der Waals surface area contributed by atoms with E-state index in [2.05, 4.69) is 15.4 Å². The van der Waals surface area contributed by atoms with Crippen molar-refractivity contribution in [2.75, 3.05) is 12.8 Å². The van der Waals surface area contributed by atoms with Crippen LogP contribution in [0.1, 0.15) is 33.7 Å². The molecule has 2 aromatic rings. The standard InChI is InChI=1S/C16H21N5O3S/c1-12-4-5-17-10-15(12)16(22)18-9-13-8-14-11-20(25(2,23)24)6-3-7-21(14)19-13/h4-5,8,10H,3,6-7,9,11H2,1-2H3,(H,18,22). The average molecular weight is 363 g/mol. The lowest BCUT2D eigenvalue weighted by atomic mass is 10.1. The number of nitrogens with one attached hydrogen (secondary N) is 1. The average Bonchev–Trinajstić information content (AvgIpc) is 2.82. The van der Waals surface area contributed by atoms with E-state index in [1.54, 1.807) is 12.3 Å². The number of carbonyl (C=O) groups is 1. The number of aromatic nitrogens is 3. The first-order chi connectivity index (χ1) is 11.8. The summed E-state index contributed by atoms with van der Waals surface area (Å²) in [6.45, 7) is 3.61. The summed E-state index contributed by atoms with van der Waals surface area (Å²) in [6.07, 6.45) is 5.11. The summed E-state index contributed by atoms with van der Waals surface area (Å²) < 4.78 is 26.9. The fourth-order valence-corrected chi connectivity index (χ4v) is 3.66. The van der Waals surface area contributed by atoms with Crippen LogP contribution in [0.25, 0.3) is 0 Å². The maximum Gasteiger partial charge on any atom is 0.253 e. The second kappa shape index (κ2) is 6.93. The van der Waals surface area contributed by atoms with Gasteiger partial charge in [-0.3, -0.25) is 14.5 Å². The molecular formula is C16H21N5O3S. The Balaban J connectivity index is 1.70. The lowest BCUT2D eigenvalue weighted by molar-refractivity contribution is 0.0949. The minimum absolute atomic E-state index is 0.202. The maximum absolute atomic E-state index is 12.2. The molecule has 1 amide bonds. The fraction of sp³-hybridized carbons (Fsp3) is 0.438. The molecule has 2 aromatic heterocycles. The number of fused-ring (bicyclic) bond motifs is 1. The van der Waals surface area contributed by atoms with Crippen molar-refractivity contribution < 1.29 is 13.2 Å². The molecule has 0 aliphatic carbocycles. The number of carbonyl (C=O) groups excluding carboxylic acids is 1. The molecule has 0 bridgehead atoms. The number of aryl methyl sites for hydroxylation is 2. The van der Waals surface area contributed by atoms with Crippen molar-refractivity contribution in [2.24, 2.45) is 0 Å². The molecule has 3 heterocycles. The predicted molar refractivity (Wildman–Crippen MR) is 92.2 cm³/mol. The molecular weight excluding hydrogens is 342 g/mol. The summed E-state index contributed by atoms with van der Waals surface area (Å²) in [5.41, 5.74) is 2.94. The van der Waals surface area contributed by atoms with Gasteiger partial charge in [0, 0.05) is 25.5 Å². The highest BCUT2D eigenvalue weighted by Crippen LogP contribution is 2.16. The maximum atomic E-state index is 12.2. The van der Waals surface area contributed by atoms with Crippen LogP contribution in [0, 0.1) is 6.92 Å².